The maximum atomic E-state index is 12.0. The van der Waals surface area contributed by atoms with Crippen molar-refractivity contribution in [3.05, 3.63) is 65.2 Å². The fourth-order valence-corrected chi connectivity index (χ4v) is 2.13. The molecular weight excluding hydrogens is 264 g/mol. The third-order valence-corrected chi connectivity index (χ3v) is 3.20. The summed E-state index contributed by atoms with van der Waals surface area (Å²) in [5, 5.41) is 2.91. The quantitative estimate of drug-likeness (QED) is 0.800. The van der Waals surface area contributed by atoms with Crippen LogP contribution in [0.5, 0.6) is 0 Å². The van der Waals surface area contributed by atoms with Crippen molar-refractivity contribution in [2.45, 2.75) is 19.6 Å². The molecule has 0 radical (unpaired) electrons. The maximum Gasteiger partial charge on any atom is 0.224 e. The predicted octanol–water partition coefficient (Wildman–Crippen LogP) is 2.27. The fourth-order valence-electron chi connectivity index (χ4n) is 2.13. The number of nitrogen functional groups attached to an aromatic ring is 1. The molecule has 0 saturated carbocycles. The van der Waals surface area contributed by atoms with E-state index in [9.17, 15) is 4.79 Å². The molecule has 21 heavy (non-hydrogen) atoms. The van der Waals surface area contributed by atoms with Gasteiger partial charge in [-0.15, -0.1) is 0 Å². The van der Waals surface area contributed by atoms with Gasteiger partial charge >= 0.3 is 0 Å². The van der Waals surface area contributed by atoms with E-state index in [-0.39, 0.29) is 5.91 Å². The second-order valence-electron chi connectivity index (χ2n) is 4.91. The van der Waals surface area contributed by atoms with Gasteiger partial charge in [0.25, 0.3) is 0 Å². The lowest BCUT2D eigenvalue weighted by Crippen LogP contribution is -2.24. The third kappa shape index (κ3) is 4.61. The largest absolute Gasteiger partial charge is 0.398 e. The van der Waals surface area contributed by atoms with E-state index in [1.807, 2.05) is 42.5 Å². The van der Waals surface area contributed by atoms with Gasteiger partial charge in [0.15, 0.2) is 0 Å². The van der Waals surface area contributed by atoms with Crippen molar-refractivity contribution in [3.8, 4) is 0 Å². The summed E-state index contributed by atoms with van der Waals surface area (Å²) in [5.41, 5.74) is 9.48. The Labute approximate surface area is 124 Å². The van der Waals surface area contributed by atoms with E-state index in [4.69, 9.17) is 10.5 Å². The molecule has 0 aliphatic rings. The number of rotatable bonds is 6. The van der Waals surface area contributed by atoms with Gasteiger partial charge in [0.05, 0.1) is 13.0 Å². The molecule has 1 amide bonds. The summed E-state index contributed by atoms with van der Waals surface area (Å²) in [4.78, 5) is 12.0. The standard InChI is InChI=1S/C17H20N2O2/c1-21-12-14-6-4-5-13(9-14)11-19-17(20)10-15-7-2-3-8-16(15)18/h2-9H,10-12,18H2,1H3,(H,19,20). The molecule has 0 aliphatic heterocycles. The van der Waals surface area contributed by atoms with Crippen LogP contribution in [0.25, 0.3) is 0 Å². The topological polar surface area (TPSA) is 64.3 Å². The summed E-state index contributed by atoms with van der Waals surface area (Å²) >= 11 is 0. The van der Waals surface area contributed by atoms with Gasteiger partial charge in [-0.1, -0.05) is 42.5 Å². The molecule has 2 aromatic carbocycles. The number of methoxy groups -OCH3 is 1. The molecule has 0 heterocycles. The van der Waals surface area contributed by atoms with Gasteiger partial charge < -0.3 is 15.8 Å². The molecule has 0 aliphatic carbocycles. The van der Waals surface area contributed by atoms with Crippen molar-refractivity contribution in [2.24, 2.45) is 0 Å². The number of carbonyl (C=O) groups excluding carboxylic acids is 1. The normalized spacial score (nSPS) is 10.3. The zero-order valence-electron chi connectivity index (χ0n) is 12.1. The first kappa shape index (κ1) is 15.1. The number of nitrogens with one attached hydrogen (secondary N) is 1. The number of para-hydroxylation sites is 1. The molecule has 0 fully saturated rings. The summed E-state index contributed by atoms with van der Waals surface area (Å²) in [6, 6.07) is 15.4. The average Bonchev–Trinajstić information content (AvgIpc) is 2.48. The lowest BCUT2D eigenvalue weighted by Gasteiger charge is -2.08. The van der Waals surface area contributed by atoms with Gasteiger partial charge in [0.2, 0.25) is 5.91 Å². The maximum absolute atomic E-state index is 12.0. The first-order valence-electron chi connectivity index (χ1n) is 6.86. The van der Waals surface area contributed by atoms with Gasteiger partial charge in [-0.2, -0.15) is 0 Å². The molecule has 0 bridgehead atoms. The monoisotopic (exact) mass is 284 g/mol. The minimum absolute atomic E-state index is 0.0370. The zero-order chi connectivity index (χ0) is 15.1. The van der Waals surface area contributed by atoms with E-state index < -0.39 is 0 Å². The smallest absolute Gasteiger partial charge is 0.224 e. The van der Waals surface area contributed by atoms with Crippen molar-refractivity contribution in [1.29, 1.82) is 0 Å². The van der Waals surface area contributed by atoms with Crippen LogP contribution in [0.15, 0.2) is 48.5 Å². The van der Waals surface area contributed by atoms with Crippen molar-refractivity contribution in [3.63, 3.8) is 0 Å². The Morgan fingerprint density at radius 3 is 2.67 bits per heavy atom. The van der Waals surface area contributed by atoms with Gasteiger partial charge in [0, 0.05) is 19.3 Å². The first-order valence-corrected chi connectivity index (χ1v) is 6.86. The molecule has 4 heteroatoms. The molecule has 4 nitrogen and oxygen atoms in total. The number of benzene rings is 2. The van der Waals surface area contributed by atoms with Crippen LogP contribution in [0, 0.1) is 0 Å². The minimum atomic E-state index is -0.0370. The summed E-state index contributed by atoms with van der Waals surface area (Å²) in [6.07, 6.45) is 0.296. The molecule has 2 aromatic rings. The molecular formula is C17H20N2O2. The van der Waals surface area contributed by atoms with Crippen LogP contribution >= 0.6 is 0 Å². The average molecular weight is 284 g/mol. The van der Waals surface area contributed by atoms with Gasteiger partial charge in [-0.3, -0.25) is 4.79 Å². The number of amides is 1. The van der Waals surface area contributed by atoms with E-state index >= 15 is 0 Å². The summed E-state index contributed by atoms with van der Waals surface area (Å²) < 4.78 is 5.10. The van der Waals surface area contributed by atoms with Crippen molar-refractivity contribution in [1.82, 2.24) is 5.32 Å². The van der Waals surface area contributed by atoms with E-state index in [0.29, 0.717) is 25.3 Å². The Kier molecular flexibility index (Phi) is 5.35. The first-order chi connectivity index (χ1) is 10.2. The summed E-state index contributed by atoms with van der Waals surface area (Å²) in [5.74, 6) is -0.0370. The van der Waals surface area contributed by atoms with Crippen LogP contribution in [-0.2, 0) is 29.1 Å². The number of anilines is 1. The van der Waals surface area contributed by atoms with Crippen LogP contribution in [0.1, 0.15) is 16.7 Å². The second kappa shape index (κ2) is 7.45. The van der Waals surface area contributed by atoms with Crippen LogP contribution < -0.4 is 11.1 Å². The molecule has 0 unspecified atom stereocenters. The van der Waals surface area contributed by atoms with Gasteiger partial charge in [-0.05, 0) is 22.8 Å². The highest BCUT2D eigenvalue weighted by atomic mass is 16.5. The van der Waals surface area contributed by atoms with E-state index in [2.05, 4.69) is 5.32 Å². The van der Waals surface area contributed by atoms with E-state index in [1.54, 1.807) is 13.2 Å². The Balaban J connectivity index is 1.89. The highest BCUT2D eigenvalue weighted by molar-refractivity contribution is 5.80. The lowest BCUT2D eigenvalue weighted by atomic mass is 10.1. The highest BCUT2D eigenvalue weighted by Gasteiger charge is 2.06. The molecule has 110 valence electrons. The number of nitrogens with two attached hydrogens (primary N) is 1. The summed E-state index contributed by atoms with van der Waals surface area (Å²) in [7, 11) is 1.67. The van der Waals surface area contributed by atoms with Crippen LogP contribution in [0.4, 0.5) is 5.69 Å². The Bertz CT molecular complexity index is 611. The van der Waals surface area contributed by atoms with Crippen molar-refractivity contribution >= 4 is 11.6 Å². The third-order valence-electron chi connectivity index (χ3n) is 3.20. The van der Waals surface area contributed by atoms with Crippen LogP contribution in [0.2, 0.25) is 0 Å². The van der Waals surface area contributed by atoms with Gasteiger partial charge in [-0.25, -0.2) is 0 Å². The molecule has 0 atom stereocenters. The van der Waals surface area contributed by atoms with E-state index in [0.717, 1.165) is 16.7 Å². The number of hydrogen-bond acceptors (Lipinski definition) is 3. The highest BCUT2D eigenvalue weighted by Crippen LogP contribution is 2.11. The SMILES string of the molecule is COCc1cccc(CNC(=O)Cc2ccccc2N)c1. The molecule has 0 saturated heterocycles. The molecule has 3 N–H and O–H groups in total. The van der Waals surface area contributed by atoms with Crippen molar-refractivity contribution in [2.75, 3.05) is 12.8 Å². The number of ether oxygens (including phenoxy) is 1. The molecule has 2 rings (SSSR count). The van der Waals surface area contributed by atoms with Crippen LogP contribution in [0.3, 0.4) is 0 Å². The number of carbonyl (C=O) groups is 1. The van der Waals surface area contributed by atoms with E-state index in [1.165, 1.54) is 0 Å². The Hall–Kier alpha value is -2.33. The van der Waals surface area contributed by atoms with Gasteiger partial charge in [0.1, 0.15) is 0 Å². The predicted molar refractivity (Wildman–Crippen MR) is 83.6 cm³/mol. The second-order valence-corrected chi connectivity index (χ2v) is 4.91. The summed E-state index contributed by atoms with van der Waals surface area (Å²) in [6.45, 7) is 1.07. The minimum Gasteiger partial charge on any atom is -0.398 e. The number of hydrogen-bond donors (Lipinski definition) is 2. The fraction of sp³-hybridized carbons (Fsp3) is 0.235. The van der Waals surface area contributed by atoms with Crippen molar-refractivity contribution < 1.29 is 9.53 Å². The Morgan fingerprint density at radius 1 is 1.14 bits per heavy atom. The Morgan fingerprint density at radius 2 is 1.90 bits per heavy atom. The molecule has 0 aromatic heterocycles. The molecule has 0 spiro atoms. The zero-order valence-corrected chi connectivity index (χ0v) is 12.1. The van der Waals surface area contributed by atoms with Crippen LogP contribution in [-0.4, -0.2) is 13.0 Å². The lowest BCUT2D eigenvalue weighted by molar-refractivity contribution is -0.120.